The number of ether oxygens (including phenoxy) is 1. The van der Waals surface area contributed by atoms with Crippen molar-refractivity contribution in [1.29, 1.82) is 0 Å². The van der Waals surface area contributed by atoms with Gasteiger partial charge in [0.15, 0.2) is 0 Å². The van der Waals surface area contributed by atoms with Gasteiger partial charge in [-0.1, -0.05) is 0 Å². The fourth-order valence-corrected chi connectivity index (χ4v) is 2.05. The monoisotopic (exact) mass is 302 g/mol. The summed E-state index contributed by atoms with van der Waals surface area (Å²) in [7, 11) is 1.63. The van der Waals surface area contributed by atoms with E-state index in [0.29, 0.717) is 13.2 Å². The molecule has 0 aliphatic carbocycles. The zero-order valence-electron chi connectivity index (χ0n) is 13.2. The van der Waals surface area contributed by atoms with Crippen LogP contribution in [0.25, 0.3) is 5.69 Å². The van der Waals surface area contributed by atoms with Crippen LogP contribution in [0.2, 0.25) is 0 Å². The van der Waals surface area contributed by atoms with Crippen molar-refractivity contribution in [3.05, 3.63) is 42.0 Å². The van der Waals surface area contributed by atoms with E-state index in [-0.39, 0.29) is 12.5 Å². The standard InChI is InChI=1S/C16H22N4O2/c1-12-13(2)20(11-18-12)15-6-4-14(5-7-15)19-16(21)10-17-8-9-22-3/h4-7,11,17H,8-10H2,1-3H3,(H,19,21). The van der Waals surface area contributed by atoms with Crippen LogP contribution < -0.4 is 10.6 Å². The molecule has 1 amide bonds. The number of imidazole rings is 1. The molecule has 0 spiro atoms. The molecule has 6 nitrogen and oxygen atoms in total. The topological polar surface area (TPSA) is 68.2 Å². The Hall–Kier alpha value is -2.18. The summed E-state index contributed by atoms with van der Waals surface area (Å²) in [4.78, 5) is 16.0. The van der Waals surface area contributed by atoms with Crippen molar-refractivity contribution in [2.24, 2.45) is 0 Å². The van der Waals surface area contributed by atoms with E-state index in [1.165, 1.54) is 0 Å². The minimum Gasteiger partial charge on any atom is -0.383 e. The Labute approximate surface area is 130 Å². The Morgan fingerprint density at radius 3 is 2.59 bits per heavy atom. The lowest BCUT2D eigenvalue weighted by molar-refractivity contribution is -0.115. The van der Waals surface area contributed by atoms with Gasteiger partial charge < -0.3 is 19.9 Å². The molecule has 0 saturated heterocycles. The zero-order chi connectivity index (χ0) is 15.9. The van der Waals surface area contributed by atoms with Crippen LogP contribution in [0.1, 0.15) is 11.4 Å². The summed E-state index contributed by atoms with van der Waals surface area (Å²) < 4.78 is 6.93. The number of carbonyl (C=O) groups is 1. The van der Waals surface area contributed by atoms with E-state index in [4.69, 9.17) is 4.74 Å². The first-order chi connectivity index (χ1) is 10.6. The Morgan fingerprint density at radius 2 is 2.00 bits per heavy atom. The highest BCUT2D eigenvalue weighted by Crippen LogP contribution is 2.16. The van der Waals surface area contributed by atoms with Gasteiger partial charge >= 0.3 is 0 Å². The van der Waals surface area contributed by atoms with Gasteiger partial charge in [0.1, 0.15) is 0 Å². The number of aromatic nitrogens is 2. The van der Waals surface area contributed by atoms with Gasteiger partial charge in [0.05, 0.1) is 25.2 Å². The van der Waals surface area contributed by atoms with Gasteiger partial charge in [-0.05, 0) is 38.1 Å². The molecule has 0 aliphatic rings. The molecule has 2 rings (SSSR count). The second kappa shape index (κ2) is 7.72. The predicted molar refractivity (Wildman–Crippen MR) is 86.4 cm³/mol. The van der Waals surface area contributed by atoms with Gasteiger partial charge in [0.2, 0.25) is 5.91 Å². The third-order valence-electron chi connectivity index (χ3n) is 3.45. The fraction of sp³-hybridized carbons (Fsp3) is 0.375. The SMILES string of the molecule is COCCNCC(=O)Nc1ccc(-n2cnc(C)c2C)cc1. The molecule has 1 aromatic carbocycles. The smallest absolute Gasteiger partial charge is 0.238 e. The second-order valence-electron chi connectivity index (χ2n) is 5.05. The molecule has 0 unspecified atom stereocenters. The van der Waals surface area contributed by atoms with Crippen LogP contribution in [-0.4, -0.2) is 42.3 Å². The highest BCUT2D eigenvalue weighted by molar-refractivity contribution is 5.92. The van der Waals surface area contributed by atoms with E-state index in [9.17, 15) is 4.79 Å². The number of nitrogens with one attached hydrogen (secondary N) is 2. The molecule has 2 aromatic rings. The highest BCUT2D eigenvalue weighted by atomic mass is 16.5. The van der Waals surface area contributed by atoms with Crippen LogP contribution in [0.3, 0.4) is 0 Å². The number of amides is 1. The van der Waals surface area contributed by atoms with Crippen molar-refractivity contribution in [3.8, 4) is 5.69 Å². The highest BCUT2D eigenvalue weighted by Gasteiger charge is 2.05. The van der Waals surface area contributed by atoms with E-state index >= 15 is 0 Å². The molecule has 0 bridgehead atoms. The van der Waals surface area contributed by atoms with E-state index in [2.05, 4.69) is 15.6 Å². The van der Waals surface area contributed by atoms with Gasteiger partial charge in [0.25, 0.3) is 0 Å². The first kappa shape index (κ1) is 16.2. The number of hydrogen-bond acceptors (Lipinski definition) is 4. The lowest BCUT2D eigenvalue weighted by Gasteiger charge is -2.09. The lowest BCUT2D eigenvalue weighted by Crippen LogP contribution is -2.30. The Morgan fingerprint density at radius 1 is 1.27 bits per heavy atom. The van der Waals surface area contributed by atoms with E-state index < -0.39 is 0 Å². The number of aryl methyl sites for hydroxylation is 1. The van der Waals surface area contributed by atoms with Crippen molar-refractivity contribution in [2.75, 3.05) is 32.1 Å². The molecule has 22 heavy (non-hydrogen) atoms. The number of methoxy groups -OCH3 is 1. The lowest BCUT2D eigenvalue weighted by atomic mass is 10.2. The largest absolute Gasteiger partial charge is 0.383 e. The summed E-state index contributed by atoms with van der Waals surface area (Å²) in [6, 6.07) is 7.69. The summed E-state index contributed by atoms with van der Waals surface area (Å²) in [6.07, 6.45) is 1.80. The van der Waals surface area contributed by atoms with Gasteiger partial charge in [-0.3, -0.25) is 4.79 Å². The molecule has 1 aromatic heterocycles. The van der Waals surface area contributed by atoms with Crippen LogP contribution in [0.15, 0.2) is 30.6 Å². The first-order valence-electron chi connectivity index (χ1n) is 7.22. The van der Waals surface area contributed by atoms with E-state index in [1.54, 1.807) is 13.4 Å². The van der Waals surface area contributed by atoms with Gasteiger partial charge in [-0.2, -0.15) is 0 Å². The first-order valence-corrected chi connectivity index (χ1v) is 7.22. The zero-order valence-corrected chi connectivity index (χ0v) is 13.2. The number of nitrogens with zero attached hydrogens (tertiary/aromatic N) is 2. The second-order valence-corrected chi connectivity index (χ2v) is 5.05. The molecule has 0 atom stereocenters. The summed E-state index contributed by atoms with van der Waals surface area (Å²) in [5, 5.41) is 5.85. The number of hydrogen-bond donors (Lipinski definition) is 2. The number of rotatable bonds is 7. The molecule has 6 heteroatoms. The Balaban J connectivity index is 1.92. The number of benzene rings is 1. The molecule has 0 radical (unpaired) electrons. The van der Waals surface area contributed by atoms with Crippen LogP contribution >= 0.6 is 0 Å². The normalized spacial score (nSPS) is 10.7. The number of anilines is 1. The molecule has 0 saturated carbocycles. The fourth-order valence-electron chi connectivity index (χ4n) is 2.05. The van der Waals surface area contributed by atoms with Gasteiger partial charge in [-0.15, -0.1) is 0 Å². The van der Waals surface area contributed by atoms with Crippen LogP contribution in [-0.2, 0) is 9.53 Å². The minimum absolute atomic E-state index is 0.0708. The van der Waals surface area contributed by atoms with Crippen LogP contribution in [0, 0.1) is 13.8 Å². The Kier molecular flexibility index (Phi) is 5.68. The summed E-state index contributed by atoms with van der Waals surface area (Å²) >= 11 is 0. The predicted octanol–water partition coefficient (Wildman–Crippen LogP) is 1.66. The van der Waals surface area contributed by atoms with Gasteiger partial charge in [-0.25, -0.2) is 4.98 Å². The van der Waals surface area contributed by atoms with Gasteiger partial charge in [0, 0.05) is 30.7 Å². The van der Waals surface area contributed by atoms with Crippen molar-refractivity contribution in [2.45, 2.75) is 13.8 Å². The van der Waals surface area contributed by atoms with E-state index in [0.717, 1.165) is 22.8 Å². The van der Waals surface area contributed by atoms with Crippen molar-refractivity contribution in [3.63, 3.8) is 0 Å². The maximum atomic E-state index is 11.8. The molecular formula is C16H22N4O2. The van der Waals surface area contributed by atoms with Crippen molar-refractivity contribution in [1.82, 2.24) is 14.9 Å². The molecular weight excluding hydrogens is 280 g/mol. The summed E-state index contributed by atoms with van der Waals surface area (Å²) in [5.41, 5.74) is 3.92. The van der Waals surface area contributed by atoms with E-state index in [1.807, 2.05) is 42.7 Å². The maximum absolute atomic E-state index is 11.8. The van der Waals surface area contributed by atoms with Crippen molar-refractivity contribution >= 4 is 11.6 Å². The summed E-state index contributed by atoms with van der Waals surface area (Å²) in [5.74, 6) is -0.0708. The molecule has 0 fully saturated rings. The average molecular weight is 302 g/mol. The quantitative estimate of drug-likeness (QED) is 0.763. The minimum atomic E-state index is -0.0708. The van der Waals surface area contributed by atoms with Crippen LogP contribution in [0.4, 0.5) is 5.69 Å². The van der Waals surface area contributed by atoms with Crippen molar-refractivity contribution < 1.29 is 9.53 Å². The third-order valence-corrected chi connectivity index (χ3v) is 3.45. The average Bonchev–Trinajstić information content (AvgIpc) is 2.84. The molecule has 0 aliphatic heterocycles. The van der Waals surface area contributed by atoms with Crippen LogP contribution in [0.5, 0.6) is 0 Å². The third kappa shape index (κ3) is 4.16. The maximum Gasteiger partial charge on any atom is 0.238 e. The Bertz CT molecular complexity index is 620. The molecule has 2 N–H and O–H groups in total. The number of carbonyl (C=O) groups excluding carboxylic acids is 1. The molecule has 1 heterocycles. The molecule has 118 valence electrons. The summed E-state index contributed by atoms with van der Waals surface area (Å²) in [6.45, 7) is 5.53.